The zero-order chi connectivity index (χ0) is 14.8. The van der Waals surface area contributed by atoms with Gasteiger partial charge in [0.2, 0.25) is 11.8 Å². The van der Waals surface area contributed by atoms with Crippen molar-refractivity contribution >= 4 is 11.8 Å². The Balaban J connectivity index is 2.06. The molecule has 2 aliphatic rings. The maximum atomic E-state index is 12.6. The summed E-state index contributed by atoms with van der Waals surface area (Å²) in [5.41, 5.74) is -0.306. The third-order valence-corrected chi connectivity index (χ3v) is 3.65. The first-order valence-electron chi connectivity index (χ1n) is 7.15. The van der Waals surface area contributed by atoms with E-state index in [0.29, 0.717) is 39.3 Å². The molecule has 0 radical (unpaired) electrons. The molecule has 20 heavy (non-hydrogen) atoms. The zero-order valence-corrected chi connectivity index (χ0v) is 12.5. The highest BCUT2D eigenvalue weighted by atomic mass is 16.6. The SMILES string of the molecule is CC(C)(C)C1NC(=O)CCN(CC2COCCO2)C1=O. The average Bonchev–Trinajstić information content (AvgIpc) is 2.52. The Kier molecular flexibility index (Phi) is 4.65. The molecule has 2 heterocycles. The molecule has 0 aromatic rings. The van der Waals surface area contributed by atoms with Gasteiger partial charge in [0.25, 0.3) is 0 Å². The molecule has 2 rings (SSSR count). The predicted octanol–water partition coefficient (Wildman–Crippen LogP) is 0.165. The second-order valence-corrected chi connectivity index (χ2v) is 6.47. The van der Waals surface area contributed by atoms with E-state index in [1.165, 1.54) is 0 Å². The van der Waals surface area contributed by atoms with Crippen LogP contribution in [-0.2, 0) is 19.1 Å². The molecule has 0 aromatic carbocycles. The Bertz CT molecular complexity index is 372. The predicted molar refractivity (Wildman–Crippen MR) is 73.1 cm³/mol. The molecular weight excluding hydrogens is 260 g/mol. The van der Waals surface area contributed by atoms with Crippen LogP contribution in [-0.4, -0.2) is 61.8 Å². The fourth-order valence-corrected chi connectivity index (χ4v) is 2.48. The molecule has 6 nitrogen and oxygen atoms in total. The molecular formula is C14H24N2O4. The molecule has 2 aliphatic heterocycles. The van der Waals surface area contributed by atoms with Gasteiger partial charge in [-0.25, -0.2) is 0 Å². The van der Waals surface area contributed by atoms with Gasteiger partial charge in [-0.05, 0) is 5.41 Å². The molecule has 0 aromatic heterocycles. The monoisotopic (exact) mass is 284 g/mol. The molecule has 2 fully saturated rings. The molecule has 0 saturated carbocycles. The number of carbonyl (C=O) groups excluding carboxylic acids is 2. The van der Waals surface area contributed by atoms with Crippen LogP contribution >= 0.6 is 0 Å². The minimum atomic E-state index is -0.484. The van der Waals surface area contributed by atoms with Crippen LogP contribution in [0.15, 0.2) is 0 Å². The summed E-state index contributed by atoms with van der Waals surface area (Å²) in [5.74, 6) is -0.0980. The molecule has 0 bridgehead atoms. The molecule has 6 heteroatoms. The van der Waals surface area contributed by atoms with Gasteiger partial charge < -0.3 is 19.7 Å². The second-order valence-electron chi connectivity index (χ2n) is 6.47. The summed E-state index contributed by atoms with van der Waals surface area (Å²) in [6.07, 6.45) is 0.243. The van der Waals surface area contributed by atoms with Crippen molar-refractivity contribution in [3.05, 3.63) is 0 Å². The number of nitrogens with zero attached hydrogens (tertiary/aromatic N) is 1. The van der Waals surface area contributed by atoms with E-state index in [9.17, 15) is 9.59 Å². The van der Waals surface area contributed by atoms with E-state index < -0.39 is 6.04 Å². The molecule has 2 amide bonds. The van der Waals surface area contributed by atoms with Gasteiger partial charge >= 0.3 is 0 Å². The van der Waals surface area contributed by atoms with Crippen LogP contribution in [0.1, 0.15) is 27.2 Å². The van der Waals surface area contributed by atoms with Gasteiger partial charge in [-0.1, -0.05) is 20.8 Å². The van der Waals surface area contributed by atoms with E-state index >= 15 is 0 Å². The Morgan fingerprint density at radius 2 is 2.05 bits per heavy atom. The van der Waals surface area contributed by atoms with Gasteiger partial charge in [-0.15, -0.1) is 0 Å². The van der Waals surface area contributed by atoms with E-state index in [2.05, 4.69) is 5.32 Å². The molecule has 1 N–H and O–H groups in total. The van der Waals surface area contributed by atoms with Gasteiger partial charge in [0.15, 0.2) is 0 Å². The number of amides is 2. The minimum Gasteiger partial charge on any atom is -0.376 e. The number of ether oxygens (including phenoxy) is 2. The average molecular weight is 284 g/mol. The summed E-state index contributed by atoms with van der Waals surface area (Å²) >= 11 is 0. The maximum Gasteiger partial charge on any atom is 0.245 e. The highest BCUT2D eigenvalue weighted by Crippen LogP contribution is 2.23. The number of carbonyl (C=O) groups is 2. The van der Waals surface area contributed by atoms with Crippen LogP contribution in [0, 0.1) is 5.41 Å². The summed E-state index contributed by atoms with van der Waals surface area (Å²) in [5, 5.41) is 2.83. The first kappa shape index (κ1) is 15.3. The number of hydrogen-bond donors (Lipinski definition) is 1. The van der Waals surface area contributed by atoms with Crippen molar-refractivity contribution in [1.82, 2.24) is 10.2 Å². The fraction of sp³-hybridized carbons (Fsp3) is 0.857. The molecule has 2 saturated heterocycles. The number of hydrogen-bond acceptors (Lipinski definition) is 4. The standard InChI is InChI=1S/C14H24N2O4/c1-14(2,3)12-13(18)16(5-4-11(17)15-12)8-10-9-19-6-7-20-10/h10,12H,4-9H2,1-3H3,(H,15,17). The lowest BCUT2D eigenvalue weighted by molar-refractivity contribution is -0.142. The number of rotatable bonds is 2. The van der Waals surface area contributed by atoms with Crippen molar-refractivity contribution in [2.75, 3.05) is 32.9 Å². The molecule has 0 aliphatic carbocycles. The van der Waals surface area contributed by atoms with Gasteiger partial charge in [0.1, 0.15) is 6.04 Å². The maximum absolute atomic E-state index is 12.6. The quantitative estimate of drug-likeness (QED) is 0.784. The lowest BCUT2D eigenvalue weighted by atomic mass is 9.86. The lowest BCUT2D eigenvalue weighted by Gasteiger charge is -2.34. The summed E-state index contributed by atoms with van der Waals surface area (Å²) in [6.45, 7) is 8.48. The normalized spacial score (nSPS) is 29.1. The van der Waals surface area contributed by atoms with Crippen LogP contribution in [0.2, 0.25) is 0 Å². The summed E-state index contributed by atoms with van der Waals surface area (Å²) < 4.78 is 11.0. The fourth-order valence-electron chi connectivity index (χ4n) is 2.48. The van der Waals surface area contributed by atoms with Gasteiger partial charge in [0.05, 0.1) is 25.9 Å². The summed E-state index contributed by atoms with van der Waals surface area (Å²) in [4.78, 5) is 26.1. The Hall–Kier alpha value is -1.14. The third-order valence-electron chi connectivity index (χ3n) is 3.65. The molecule has 114 valence electrons. The highest BCUT2D eigenvalue weighted by Gasteiger charge is 2.38. The van der Waals surface area contributed by atoms with Crippen LogP contribution < -0.4 is 5.32 Å². The van der Waals surface area contributed by atoms with Gasteiger partial charge in [-0.3, -0.25) is 9.59 Å². The Labute approximate surface area is 119 Å². The topological polar surface area (TPSA) is 67.9 Å². The van der Waals surface area contributed by atoms with Crippen LogP contribution in [0.25, 0.3) is 0 Å². The first-order valence-corrected chi connectivity index (χ1v) is 7.15. The van der Waals surface area contributed by atoms with Crippen molar-refractivity contribution in [2.45, 2.75) is 39.3 Å². The van der Waals surface area contributed by atoms with Crippen molar-refractivity contribution in [3.63, 3.8) is 0 Å². The van der Waals surface area contributed by atoms with Crippen molar-refractivity contribution in [1.29, 1.82) is 0 Å². The number of nitrogens with one attached hydrogen (secondary N) is 1. The van der Waals surface area contributed by atoms with Crippen molar-refractivity contribution in [3.8, 4) is 0 Å². The van der Waals surface area contributed by atoms with E-state index in [1.54, 1.807) is 4.90 Å². The van der Waals surface area contributed by atoms with E-state index in [1.807, 2.05) is 20.8 Å². The van der Waals surface area contributed by atoms with Crippen molar-refractivity contribution < 1.29 is 19.1 Å². The highest BCUT2D eigenvalue weighted by molar-refractivity contribution is 5.90. The minimum absolute atomic E-state index is 0.0301. The summed E-state index contributed by atoms with van der Waals surface area (Å²) in [6, 6.07) is -0.484. The van der Waals surface area contributed by atoms with E-state index in [-0.39, 0.29) is 23.3 Å². The molecule has 0 spiro atoms. The van der Waals surface area contributed by atoms with Gasteiger partial charge in [-0.2, -0.15) is 0 Å². The Morgan fingerprint density at radius 3 is 2.65 bits per heavy atom. The van der Waals surface area contributed by atoms with E-state index in [4.69, 9.17) is 9.47 Å². The first-order chi connectivity index (χ1) is 9.38. The van der Waals surface area contributed by atoms with E-state index in [0.717, 1.165) is 0 Å². The Morgan fingerprint density at radius 1 is 1.30 bits per heavy atom. The zero-order valence-electron chi connectivity index (χ0n) is 12.5. The second kappa shape index (κ2) is 6.10. The third kappa shape index (κ3) is 3.70. The summed E-state index contributed by atoms with van der Waals surface area (Å²) in [7, 11) is 0. The van der Waals surface area contributed by atoms with Crippen LogP contribution in [0.5, 0.6) is 0 Å². The van der Waals surface area contributed by atoms with Crippen LogP contribution in [0.4, 0.5) is 0 Å². The van der Waals surface area contributed by atoms with Gasteiger partial charge in [0, 0.05) is 19.5 Å². The van der Waals surface area contributed by atoms with Crippen molar-refractivity contribution in [2.24, 2.45) is 5.41 Å². The largest absolute Gasteiger partial charge is 0.376 e. The van der Waals surface area contributed by atoms with Crippen LogP contribution in [0.3, 0.4) is 0 Å². The smallest absolute Gasteiger partial charge is 0.245 e. The molecule has 2 atom stereocenters. The molecule has 2 unspecified atom stereocenters. The lowest BCUT2D eigenvalue weighted by Crippen LogP contribution is -2.53.